The Kier molecular flexibility index (Phi) is 3.35. The van der Waals surface area contributed by atoms with Gasteiger partial charge in [0.05, 0.1) is 37.8 Å². The first-order chi connectivity index (χ1) is 11.5. The second-order valence-corrected chi connectivity index (χ2v) is 6.59. The summed E-state index contributed by atoms with van der Waals surface area (Å²) >= 11 is 0. The molecule has 1 saturated heterocycles. The maximum Gasteiger partial charge on any atom is 0.224 e. The summed E-state index contributed by atoms with van der Waals surface area (Å²) in [6.45, 7) is 2.27. The van der Waals surface area contributed by atoms with Gasteiger partial charge in [-0.3, -0.25) is 9.59 Å². The van der Waals surface area contributed by atoms with Gasteiger partial charge < -0.3 is 13.9 Å². The van der Waals surface area contributed by atoms with Crippen LogP contribution in [-0.4, -0.2) is 25.3 Å². The highest BCUT2D eigenvalue weighted by Crippen LogP contribution is 2.49. The molecule has 0 amide bonds. The molecule has 5 heteroatoms. The molecule has 0 aromatic carbocycles. The van der Waals surface area contributed by atoms with Crippen LogP contribution in [0.1, 0.15) is 31.4 Å². The van der Waals surface area contributed by atoms with Gasteiger partial charge in [0.2, 0.25) is 5.78 Å². The Balaban J connectivity index is 1.83. The molecule has 2 atom stereocenters. The van der Waals surface area contributed by atoms with Crippen molar-refractivity contribution in [3.63, 3.8) is 0 Å². The molecule has 5 nitrogen and oxygen atoms in total. The van der Waals surface area contributed by atoms with Crippen molar-refractivity contribution in [1.82, 2.24) is 0 Å². The quantitative estimate of drug-likeness (QED) is 0.835. The Morgan fingerprint density at radius 3 is 2.88 bits per heavy atom. The van der Waals surface area contributed by atoms with Gasteiger partial charge in [-0.05, 0) is 30.6 Å². The molecule has 24 heavy (non-hydrogen) atoms. The number of rotatable bonds is 2. The number of allylic oxidation sites excluding steroid dienone is 3. The molecule has 0 N–H and O–H groups in total. The maximum absolute atomic E-state index is 12.9. The SMILES string of the molecule is COC1=CC(=O)[C@]2(C)CC=C3CO[C@H](c4ccoc4)CC3=C2C1=O. The number of Topliss-reactive ketones (excluding diaryl/α,β-unsaturated/α-hetero) is 1. The van der Waals surface area contributed by atoms with Crippen molar-refractivity contribution < 1.29 is 23.5 Å². The Bertz CT molecular complexity index is 809. The van der Waals surface area contributed by atoms with Crippen LogP contribution in [0.3, 0.4) is 0 Å². The van der Waals surface area contributed by atoms with Gasteiger partial charge in [0, 0.05) is 23.6 Å². The maximum atomic E-state index is 12.9. The van der Waals surface area contributed by atoms with E-state index < -0.39 is 5.41 Å². The molecule has 2 heterocycles. The standard InChI is InChI=1S/C19H18O5/c1-19-5-3-11-10-24-14(12-4-6-23-9-12)7-13(11)17(19)18(21)15(22-2)8-16(19)20/h3-4,6,8-9,14H,5,7,10H2,1-2H3/t14-,19-/m0/s1. The molecule has 1 aromatic heterocycles. The van der Waals surface area contributed by atoms with Crippen LogP contribution < -0.4 is 0 Å². The van der Waals surface area contributed by atoms with E-state index >= 15 is 0 Å². The van der Waals surface area contributed by atoms with E-state index in [2.05, 4.69) is 0 Å². The van der Waals surface area contributed by atoms with Crippen LogP contribution in [0.4, 0.5) is 0 Å². The van der Waals surface area contributed by atoms with Crippen LogP contribution >= 0.6 is 0 Å². The van der Waals surface area contributed by atoms with E-state index in [4.69, 9.17) is 13.9 Å². The van der Waals surface area contributed by atoms with E-state index in [0.29, 0.717) is 25.0 Å². The molecule has 1 fully saturated rings. The summed E-state index contributed by atoms with van der Waals surface area (Å²) < 4.78 is 16.2. The molecular formula is C19H18O5. The van der Waals surface area contributed by atoms with E-state index in [1.54, 1.807) is 12.5 Å². The number of fused-ring (bicyclic) bond motifs is 2. The van der Waals surface area contributed by atoms with E-state index in [1.807, 2.05) is 19.1 Å². The zero-order valence-corrected chi connectivity index (χ0v) is 13.6. The van der Waals surface area contributed by atoms with E-state index in [9.17, 15) is 9.59 Å². The monoisotopic (exact) mass is 326 g/mol. The van der Waals surface area contributed by atoms with Gasteiger partial charge in [0.25, 0.3) is 0 Å². The molecule has 124 valence electrons. The lowest BCUT2D eigenvalue weighted by atomic mass is 9.64. The largest absolute Gasteiger partial charge is 0.493 e. The van der Waals surface area contributed by atoms with Crippen LogP contribution in [0.2, 0.25) is 0 Å². The fourth-order valence-corrected chi connectivity index (χ4v) is 3.76. The molecule has 0 radical (unpaired) electrons. The lowest BCUT2D eigenvalue weighted by Crippen LogP contribution is -2.41. The Labute approximate surface area is 139 Å². The molecule has 0 saturated carbocycles. The van der Waals surface area contributed by atoms with Crippen LogP contribution in [0.15, 0.2) is 57.6 Å². The highest BCUT2D eigenvalue weighted by molar-refractivity contribution is 6.21. The fourth-order valence-electron chi connectivity index (χ4n) is 3.76. The molecule has 1 aromatic rings. The van der Waals surface area contributed by atoms with Gasteiger partial charge in [-0.2, -0.15) is 0 Å². The molecule has 4 rings (SSSR count). The van der Waals surface area contributed by atoms with Crippen molar-refractivity contribution >= 4 is 11.6 Å². The first kappa shape index (κ1) is 15.1. The molecule has 0 spiro atoms. The summed E-state index contributed by atoms with van der Waals surface area (Å²) in [6, 6.07) is 1.86. The highest BCUT2D eigenvalue weighted by Gasteiger charge is 2.48. The molecule has 3 aliphatic rings. The van der Waals surface area contributed by atoms with Gasteiger partial charge in [0.1, 0.15) is 0 Å². The smallest absolute Gasteiger partial charge is 0.224 e. The molecule has 0 bridgehead atoms. The first-order valence-electron chi connectivity index (χ1n) is 7.96. The van der Waals surface area contributed by atoms with Crippen molar-refractivity contribution in [3.8, 4) is 0 Å². The highest BCUT2D eigenvalue weighted by atomic mass is 16.5. The molecule has 0 unspecified atom stereocenters. The normalized spacial score (nSPS) is 29.7. The van der Waals surface area contributed by atoms with Crippen molar-refractivity contribution in [2.24, 2.45) is 5.41 Å². The number of carbonyl (C=O) groups is 2. The number of hydrogen-bond acceptors (Lipinski definition) is 5. The van der Waals surface area contributed by atoms with Gasteiger partial charge >= 0.3 is 0 Å². The summed E-state index contributed by atoms with van der Waals surface area (Å²) in [5.74, 6) is -0.149. The summed E-state index contributed by atoms with van der Waals surface area (Å²) in [7, 11) is 1.42. The number of hydrogen-bond donors (Lipinski definition) is 0. The minimum atomic E-state index is -0.809. The van der Waals surface area contributed by atoms with Gasteiger partial charge in [-0.1, -0.05) is 6.08 Å². The summed E-state index contributed by atoms with van der Waals surface area (Å²) in [4.78, 5) is 25.5. The third kappa shape index (κ3) is 2.04. The third-order valence-corrected chi connectivity index (χ3v) is 5.22. The van der Waals surface area contributed by atoms with Crippen molar-refractivity contribution in [1.29, 1.82) is 0 Å². The number of furan rings is 1. The minimum Gasteiger partial charge on any atom is -0.493 e. The van der Waals surface area contributed by atoms with Crippen molar-refractivity contribution in [3.05, 3.63) is 58.8 Å². The molecule has 2 aliphatic carbocycles. The van der Waals surface area contributed by atoms with Gasteiger partial charge in [-0.15, -0.1) is 0 Å². The van der Waals surface area contributed by atoms with Gasteiger partial charge in [-0.25, -0.2) is 0 Å². The number of ether oxygens (including phenoxy) is 2. The Morgan fingerprint density at radius 1 is 1.33 bits per heavy atom. The minimum absolute atomic E-state index is 0.0805. The topological polar surface area (TPSA) is 65.7 Å². The van der Waals surface area contributed by atoms with Crippen LogP contribution in [0.5, 0.6) is 0 Å². The average Bonchev–Trinajstić information content (AvgIpc) is 3.12. The number of carbonyl (C=O) groups excluding carboxylic acids is 2. The Hall–Kier alpha value is -2.40. The summed E-state index contributed by atoms with van der Waals surface area (Å²) in [5, 5.41) is 0. The van der Waals surface area contributed by atoms with E-state index in [-0.39, 0.29) is 23.4 Å². The lowest BCUT2D eigenvalue weighted by Gasteiger charge is -2.40. The Morgan fingerprint density at radius 2 is 2.17 bits per heavy atom. The molecule has 1 aliphatic heterocycles. The predicted octanol–water partition coefficient (Wildman–Crippen LogP) is 3.06. The fraction of sp³-hybridized carbons (Fsp3) is 0.368. The van der Waals surface area contributed by atoms with Crippen molar-refractivity contribution in [2.75, 3.05) is 13.7 Å². The second kappa shape index (κ2) is 5.31. The van der Waals surface area contributed by atoms with Crippen LogP contribution in [0, 0.1) is 5.41 Å². The summed E-state index contributed by atoms with van der Waals surface area (Å²) in [6.07, 6.45) is 7.50. The second-order valence-electron chi connectivity index (χ2n) is 6.59. The van der Waals surface area contributed by atoms with Gasteiger partial charge in [0.15, 0.2) is 11.5 Å². The number of ketones is 2. The zero-order valence-electron chi connectivity index (χ0n) is 13.6. The van der Waals surface area contributed by atoms with Crippen LogP contribution in [-0.2, 0) is 19.1 Å². The summed E-state index contributed by atoms with van der Waals surface area (Å²) in [5.41, 5.74) is 2.62. The van der Waals surface area contributed by atoms with Crippen LogP contribution in [0.25, 0.3) is 0 Å². The molecular weight excluding hydrogens is 308 g/mol. The predicted molar refractivity (Wildman–Crippen MR) is 85.0 cm³/mol. The first-order valence-corrected chi connectivity index (χ1v) is 7.96. The third-order valence-electron chi connectivity index (χ3n) is 5.22. The lowest BCUT2D eigenvalue weighted by molar-refractivity contribution is -0.127. The van der Waals surface area contributed by atoms with E-state index in [0.717, 1.165) is 16.7 Å². The van der Waals surface area contributed by atoms with Crippen molar-refractivity contribution in [2.45, 2.75) is 25.9 Å². The average molecular weight is 326 g/mol. The number of methoxy groups -OCH3 is 1. The van der Waals surface area contributed by atoms with E-state index in [1.165, 1.54) is 13.2 Å². The zero-order chi connectivity index (χ0) is 16.9.